The lowest BCUT2D eigenvalue weighted by molar-refractivity contribution is -0.143. The van der Waals surface area contributed by atoms with Gasteiger partial charge in [0.15, 0.2) is 0 Å². The van der Waals surface area contributed by atoms with E-state index in [2.05, 4.69) is 5.32 Å². The van der Waals surface area contributed by atoms with E-state index < -0.39 is 0 Å². The van der Waals surface area contributed by atoms with Crippen LogP contribution in [0.4, 0.5) is 0 Å². The van der Waals surface area contributed by atoms with Crippen LogP contribution in [0, 0.1) is 5.92 Å². The highest BCUT2D eigenvalue weighted by Crippen LogP contribution is 2.01. The number of ether oxygens (including phenoxy) is 1. The Kier molecular flexibility index (Phi) is 8.58. The molecular formula is C12H23NO3. The summed E-state index contributed by atoms with van der Waals surface area (Å²) >= 11 is 0. The molecule has 16 heavy (non-hydrogen) atoms. The lowest BCUT2D eigenvalue weighted by Crippen LogP contribution is -2.28. The molecule has 94 valence electrons. The summed E-state index contributed by atoms with van der Waals surface area (Å²) in [5.41, 5.74) is 0. The van der Waals surface area contributed by atoms with E-state index in [1.165, 1.54) is 0 Å². The predicted molar refractivity (Wildman–Crippen MR) is 62.9 cm³/mol. The number of nitrogens with one attached hydrogen (secondary N) is 1. The lowest BCUT2D eigenvalue weighted by atomic mass is 10.2. The summed E-state index contributed by atoms with van der Waals surface area (Å²) in [4.78, 5) is 22.2. The standard InChI is InChI=1S/C12H23NO3/c1-4-16-11(14)8-6-5-7-9-13-12(15)10(2)3/h10H,4-9H2,1-3H3,(H,13,15). The molecule has 0 aromatic carbocycles. The number of carbonyl (C=O) groups excluding carboxylic acids is 2. The summed E-state index contributed by atoms with van der Waals surface area (Å²) in [5, 5.41) is 2.84. The van der Waals surface area contributed by atoms with E-state index in [4.69, 9.17) is 4.74 Å². The topological polar surface area (TPSA) is 55.4 Å². The molecule has 0 saturated heterocycles. The summed E-state index contributed by atoms with van der Waals surface area (Å²) in [7, 11) is 0. The average Bonchev–Trinajstić information content (AvgIpc) is 2.23. The quantitative estimate of drug-likeness (QED) is 0.510. The molecule has 4 heteroatoms. The Balaban J connectivity index is 3.28. The van der Waals surface area contributed by atoms with E-state index in [0.29, 0.717) is 19.6 Å². The Labute approximate surface area is 97.7 Å². The summed E-state index contributed by atoms with van der Waals surface area (Å²) in [5.74, 6) is -0.00126. The van der Waals surface area contributed by atoms with E-state index in [-0.39, 0.29) is 17.8 Å². The van der Waals surface area contributed by atoms with Crippen LogP contribution in [0.2, 0.25) is 0 Å². The van der Waals surface area contributed by atoms with Crippen LogP contribution in [0.1, 0.15) is 46.5 Å². The van der Waals surface area contributed by atoms with Crippen LogP contribution in [0.3, 0.4) is 0 Å². The van der Waals surface area contributed by atoms with Gasteiger partial charge in [-0.15, -0.1) is 0 Å². The molecule has 0 atom stereocenters. The van der Waals surface area contributed by atoms with Gasteiger partial charge in [-0.05, 0) is 19.8 Å². The summed E-state index contributed by atoms with van der Waals surface area (Å²) in [6.45, 7) is 6.69. The second kappa shape index (κ2) is 9.19. The summed E-state index contributed by atoms with van der Waals surface area (Å²) in [6.07, 6.45) is 3.16. The molecule has 0 radical (unpaired) electrons. The fourth-order valence-corrected chi connectivity index (χ4v) is 1.22. The van der Waals surface area contributed by atoms with Crippen LogP contribution in [0.15, 0.2) is 0 Å². The largest absolute Gasteiger partial charge is 0.466 e. The van der Waals surface area contributed by atoms with Crippen molar-refractivity contribution in [1.29, 1.82) is 0 Å². The van der Waals surface area contributed by atoms with Gasteiger partial charge in [-0.2, -0.15) is 0 Å². The van der Waals surface area contributed by atoms with Crippen LogP contribution < -0.4 is 5.32 Å². The maximum atomic E-state index is 11.2. The molecule has 1 N–H and O–H groups in total. The molecule has 4 nitrogen and oxygen atoms in total. The molecule has 0 bridgehead atoms. The minimum atomic E-state index is -0.131. The van der Waals surface area contributed by atoms with E-state index in [1.807, 2.05) is 13.8 Å². The van der Waals surface area contributed by atoms with Crippen LogP contribution in [0.5, 0.6) is 0 Å². The first-order valence-corrected chi connectivity index (χ1v) is 6.01. The second-order valence-electron chi connectivity index (χ2n) is 4.06. The van der Waals surface area contributed by atoms with Crippen molar-refractivity contribution in [3.63, 3.8) is 0 Å². The van der Waals surface area contributed by atoms with Crippen molar-refractivity contribution in [2.75, 3.05) is 13.2 Å². The molecule has 1 amide bonds. The predicted octanol–water partition coefficient (Wildman–Crippen LogP) is 1.88. The fraction of sp³-hybridized carbons (Fsp3) is 0.833. The van der Waals surface area contributed by atoms with Gasteiger partial charge < -0.3 is 10.1 Å². The van der Waals surface area contributed by atoms with Crippen molar-refractivity contribution in [2.24, 2.45) is 5.92 Å². The zero-order valence-electron chi connectivity index (χ0n) is 10.5. The van der Waals surface area contributed by atoms with Crippen LogP contribution in [-0.4, -0.2) is 25.0 Å². The van der Waals surface area contributed by atoms with E-state index >= 15 is 0 Å². The third-order valence-electron chi connectivity index (χ3n) is 2.19. The molecule has 0 aliphatic heterocycles. The maximum Gasteiger partial charge on any atom is 0.305 e. The molecular weight excluding hydrogens is 206 g/mol. The Morgan fingerprint density at radius 3 is 2.44 bits per heavy atom. The minimum absolute atomic E-state index is 0.0412. The average molecular weight is 229 g/mol. The molecule has 0 heterocycles. The smallest absolute Gasteiger partial charge is 0.305 e. The van der Waals surface area contributed by atoms with Gasteiger partial charge in [0.05, 0.1) is 6.61 Å². The zero-order chi connectivity index (χ0) is 12.4. The second-order valence-corrected chi connectivity index (χ2v) is 4.06. The van der Waals surface area contributed by atoms with Gasteiger partial charge in [-0.3, -0.25) is 9.59 Å². The van der Waals surface area contributed by atoms with E-state index in [1.54, 1.807) is 6.92 Å². The first kappa shape index (κ1) is 14.9. The van der Waals surface area contributed by atoms with Crippen LogP contribution in [-0.2, 0) is 14.3 Å². The number of carbonyl (C=O) groups is 2. The third-order valence-corrected chi connectivity index (χ3v) is 2.19. The van der Waals surface area contributed by atoms with Gasteiger partial charge in [0.1, 0.15) is 0 Å². The SMILES string of the molecule is CCOC(=O)CCCCCNC(=O)C(C)C. The Bertz CT molecular complexity index is 214. The number of unbranched alkanes of at least 4 members (excludes halogenated alkanes) is 2. The van der Waals surface area contributed by atoms with E-state index in [0.717, 1.165) is 19.3 Å². The van der Waals surface area contributed by atoms with Crippen molar-refractivity contribution in [3.05, 3.63) is 0 Å². The molecule has 0 unspecified atom stereocenters. The lowest BCUT2D eigenvalue weighted by Gasteiger charge is -2.07. The first-order valence-electron chi connectivity index (χ1n) is 6.01. The Morgan fingerprint density at radius 2 is 1.88 bits per heavy atom. The third kappa shape index (κ3) is 8.26. The molecule has 0 aromatic heterocycles. The molecule has 0 aliphatic carbocycles. The highest BCUT2D eigenvalue weighted by Gasteiger charge is 2.05. The summed E-state index contributed by atoms with van der Waals surface area (Å²) < 4.78 is 4.81. The number of hydrogen-bond donors (Lipinski definition) is 1. The van der Waals surface area contributed by atoms with Crippen molar-refractivity contribution in [3.8, 4) is 0 Å². The number of esters is 1. The zero-order valence-corrected chi connectivity index (χ0v) is 10.5. The normalized spacial score (nSPS) is 10.2. The Morgan fingerprint density at radius 1 is 1.19 bits per heavy atom. The first-order chi connectivity index (χ1) is 7.57. The molecule has 0 spiro atoms. The summed E-state index contributed by atoms with van der Waals surface area (Å²) in [6, 6.07) is 0. The van der Waals surface area contributed by atoms with Crippen molar-refractivity contribution < 1.29 is 14.3 Å². The monoisotopic (exact) mass is 229 g/mol. The highest BCUT2D eigenvalue weighted by atomic mass is 16.5. The number of rotatable bonds is 8. The van der Waals surface area contributed by atoms with Gasteiger partial charge in [-0.25, -0.2) is 0 Å². The van der Waals surface area contributed by atoms with Crippen LogP contribution >= 0.6 is 0 Å². The van der Waals surface area contributed by atoms with Crippen molar-refractivity contribution in [2.45, 2.75) is 46.5 Å². The molecule has 0 saturated carbocycles. The van der Waals surface area contributed by atoms with Gasteiger partial charge in [0, 0.05) is 18.9 Å². The maximum absolute atomic E-state index is 11.2. The van der Waals surface area contributed by atoms with Gasteiger partial charge in [-0.1, -0.05) is 20.3 Å². The molecule has 0 aromatic rings. The molecule has 0 fully saturated rings. The number of amides is 1. The van der Waals surface area contributed by atoms with Gasteiger partial charge >= 0.3 is 5.97 Å². The van der Waals surface area contributed by atoms with Crippen LogP contribution in [0.25, 0.3) is 0 Å². The highest BCUT2D eigenvalue weighted by molar-refractivity contribution is 5.77. The van der Waals surface area contributed by atoms with Crippen molar-refractivity contribution in [1.82, 2.24) is 5.32 Å². The Hall–Kier alpha value is -1.06. The van der Waals surface area contributed by atoms with Gasteiger partial charge in [0.2, 0.25) is 5.91 Å². The van der Waals surface area contributed by atoms with Gasteiger partial charge in [0.25, 0.3) is 0 Å². The molecule has 0 aliphatic rings. The minimum Gasteiger partial charge on any atom is -0.466 e. The number of hydrogen-bond acceptors (Lipinski definition) is 3. The van der Waals surface area contributed by atoms with Crippen molar-refractivity contribution >= 4 is 11.9 Å². The molecule has 0 rings (SSSR count). The van der Waals surface area contributed by atoms with E-state index in [9.17, 15) is 9.59 Å². The fourth-order valence-electron chi connectivity index (χ4n) is 1.22.